The molecular formula is C21H18F3N5. The van der Waals surface area contributed by atoms with Crippen LogP contribution in [0, 0.1) is 24.4 Å². The maximum absolute atomic E-state index is 13.6. The molecule has 2 aromatic carbocycles. The number of nitrogens with one attached hydrogen (secondary N) is 1. The zero-order valence-electron chi connectivity index (χ0n) is 15.9. The third-order valence-electron chi connectivity index (χ3n) is 4.62. The number of benzene rings is 2. The van der Waals surface area contributed by atoms with Gasteiger partial charge in [-0.3, -0.25) is 0 Å². The van der Waals surface area contributed by atoms with E-state index in [1.54, 1.807) is 16.6 Å². The molecule has 0 atom stereocenters. The fourth-order valence-electron chi connectivity index (χ4n) is 3.25. The minimum atomic E-state index is -0.944. The number of rotatable bonds is 5. The van der Waals surface area contributed by atoms with Crippen LogP contribution in [-0.2, 0) is 12.8 Å². The van der Waals surface area contributed by atoms with Gasteiger partial charge in [0.15, 0.2) is 17.5 Å². The highest BCUT2D eigenvalue weighted by Gasteiger charge is 2.16. The maximum Gasteiger partial charge on any atom is 0.254 e. The van der Waals surface area contributed by atoms with Crippen LogP contribution in [0.15, 0.2) is 42.5 Å². The van der Waals surface area contributed by atoms with Crippen molar-refractivity contribution in [3.8, 4) is 0 Å². The van der Waals surface area contributed by atoms with E-state index < -0.39 is 11.6 Å². The Hall–Kier alpha value is -3.42. The smallest absolute Gasteiger partial charge is 0.254 e. The minimum absolute atomic E-state index is 0.325. The summed E-state index contributed by atoms with van der Waals surface area (Å²) in [5.41, 5.74) is 2.76. The van der Waals surface area contributed by atoms with Gasteiger partial charge < -0.3 is 5.32 Å². The third kappa shape index (κ3) is 3.78. The Labute approximate surface area is 165 Å². The summed E-state index contributed by atoms with van der Waals surface area (Å²) in [6.45, 7) is 3.83. The van der Waals surface area contributed by atoms with Gasteiger partial charge in [0.1, 0.15) is 11.6 Å². The molecule has 5 nitrogen and oxygen atoms in total. The molecule has 2 aromatic heterocycles. The summed E-state index contributed by atoms with van der Waals surface area (Å²) in [5, 5.41) is 7.63. The van der Waals surface area contributed by atoms with Gasteiger partial charge in [-0.05, 0) is 43.2 Å². The number of anilines is 2. The van der Waals surface area contributed by atoms with E-state index >= 15 is 0 Å². The summed E-state index contributed by atoms with van der Waals surface area (Å²) in [5.74, 6) is -0.755. The number of hydrogen-bond acceptors (Lipinski definition) is 4. The molecular weight excluding hydrogens is 379 g/mol. The first-order valence-corrected chi connectivity index (χ1v) is 9.16. The van der Waals surface area contributed by atoms with E-state index in [9.17, 15) is 13.2 Å². The molecule has 1 N–H and O–H groups in total. The first-order valence-electron chi connectivity index (χ1n) is 9.16. The van der Waals surface area contributed by atoms with Gasteiger partial charge in [0, 0.05) is 29.4 Å². The van der Waals surface area contributed by atoms with Crippen LogP contribution in [0.3, 0.4) is 0 Å². The molecule has 0 spiro atoms. The molecule has 0 aliphatic carbocycles. The molecule has 8 heteroatoms. The van der Waals surface area contributed by atoms with Crippen molar-refractivity contribution in [2.45, 2.75) is 26.7 Å². The highest BCUT2D eigenvalue weighted by molar-refractivity contribution is 5.63. The Morgan fingerprint density at radius 2 is 1.83 bits per heavy atom. The molecule has 0 radical (unpaired) electrons. The van der Waals surface area contributed by atoms with E-state index in [1.807, 2.05) is 13.8 Å². The van der Waals surface area contributed by atoms with Crippen molar-refractivity contribution in [3.63, 3.8) is 0 Å². The van der Waals surface area contributed by atoms with Gasteiger partial charge in [0.2, 0.25) is 0 Å². The lowest BCUT2D eigenvalue weighted by Gasteiger charge is -2.14. The lowest BCUT2D eigenvalue weighted by molar-refractivity contribution is 0.509. The summed E-state index contributed by atoms with van der Waals surface area (Å²) < 4.78 is 41.9. The summed E-state index contributed by atoms with van der Waals surface area (Å²) in [6.07, 6.45) is 0.992. The Balaban J connectivity index is 1.78. The van der Waals surface area contributed by atoms with Crippen LogP contribution in [0.4, 0.5) is 24.7 Å². The predicted octanol–water partition coefficient (Wildman–Crippen LogP) is 4.75. The van der Waals surface area contributed by atoms with E-state index in [2.05, 4.69) is 20.4 Å². The number of fused-ring (bicyclic) bond motifs is 1. The highest BCUT2D eigenvalue weighted by atomic mass is 19.2. The zero-order valence-corrected chi connectivity index (χ0v) is 15.9. The SMILES string of the molecule is CCc1c(C)nc2nc(Cc3cccc(F)c3)nn2c1Nc1ccc(F)c(F)c1. The third-order valence-corrected chi connectivity index (χ3v) is 4.62. The van der Waals surface area contributed by atoms with Crippen LogP contribution < -0.4 is 5.32 Å². The summed E-state index contributed by atoms with van der Waals surface area (Å²) in [7, 11) is 0. The number of nitrogens with zero attached hydrogens (tertiary/aromatic N) is 4. The Morgan fingerprint density at radius 3 is 2.55 bits per heavy atom. The van der Waals surface area contributed by atoms with Crippen LogP contribution in [0.2, 0.25) is 0 Å². The lowest BCUT2D eigenvalue weighted by Crippen LogP contribution is -2.08. The van der Waals surface area contributed by atoms with Crippen LogP contribution >= 0.6 is 0 Å². The van der Waals surface area contributed by atoms with E-state index in [-0.39, 0.29) is 5.82 Å². The second-order valence-electron chi connectivity index (χ2n) is 6.68. The van der Waals surface area contributed by atoms with Crippen LogP contribution in [-0.4, -0.2) is 19.6 Å². The zero-order chi connectivity index (χ0) is 20.5. The van der Waals surface area contributed by atoms with Crippen LogP contribution in [0.5, 0.6) is 0 Å². The fraction of sp³-hybridized carbons (Fsp3) is 0.190. The molecule has 29 heavy (non-hydrogen) atoms. The highest BCUT2D eigenvalue weighted by Crippen LogP contribution is 2.25. The monoisotopic (exact) mass is 397 g/mol. The second kappa shape index (κ2) is 7.54. The summed E-state index contributed by atoms with van der Waals surface area (Å²) in [6, 6.07) is 9.83. The van der Waals surface area contributed by atoms with Crippen molar-refractivity contribution in [3.05, 3.63) is 82.6 Å². The number of aryl methyl sites for hydroxylation is 1. The quantitative estimate of drug-likeness (QED) is 0.528. The Bertz CT molecular complexity index is 1200. The average molecular weight is 397 g/mol. The largest absolute Gasteiger partial charge is 0.340 e. The minimum Gasteiger partial charge on any atom is -0.340 e. The first kappa shape index (κ1) is 18.9. The van der Waals surface area contributed by atoms with Gasteiger partial charge in [-0.1, -0.05) is 19.1 Å². The van der Waals surface area contributed by atoms with Gasteiger partial charge in [-0.15, -0.1) is 5.10 Å². The standard InChI is InChI=1S/C21H18F3N5/c1-3-16-12(2)25-21-27-19(10-13-5-4-6-14(22)9-13)28-29(21)20(16)26-15-7-8-17(23)18(24)11-15/h4-9,11,26H,3,10H2,1-2H3. The van der Waals surface area contributed by atoms with Gasteiger partial charge in [-0.25, -0.2) is 18.2 Å². The maximum atomic E-state index is 13.6. The molecule has 0 saturated carbocycles. The van der Waals surface area contributed by atoms with Crippen molar-refractivity contribution in [2.75, 3.05) is 5.32 Å². The topological polar surface area (TPSA) is 55.1 Å². The molecule has 0 fully saturated rings. The predicted molar refractivity (Wildman–Crippen MR) is 104 cm³/mol. The van der Waals surface area contributed by atoms with Crippen molar-refractivity contribution >= 4 is 17.3 Å². The van der Waals surface area contributed by atoms with Crippen molar-refractivity contribution < 1.29 is 13.2 Å². The molecule has 4 aromatic rings. The van der Waals surface area contributed by atoms with E-state index in [4.69, 9.17) is 0 Å². The van der Waals surface area contributed by atoms with E-state index in [1.165, 1.54) is 18.2 Å². The molecule has 4 rings (SSSR count). The summed E-state index contributed by atoms with van der Waals surface area (Å²) in [4.78, 5) is 8.95. The van der Waals surface area contributed by atoms with Crippen LogP contribution in [0.25, 0.3) is 5.78 Å². The van der Waals surface area contributed by atoms with Gasteiger partial charge >= 0.3 is 0 Å². The molecule has 0 aliphatic heterocycles. The first-order chi connectivity index (χ1) is 13.9. The number of aromatic nitrogens is 4. The molecule has 148 valence electrons. The Morgan fingerprint density at radius 1 is 1.00 bits per heavy atom. The van der Waals surface area contributed by atoms with E-state index in [0.717, 1.165) is 29.0 Å². The fourth-order valence-corrected chi connectivity index (χ4v) is 3.25. The van der Waals surface area contributed by atoms with Gasteiger partial charge in [-0.2, -0.15) is 9.50 Å². The summed E-state index contributed by atoms with van der Waals surface area (Å²) >= 11 is 0. The average Bonchev–Trinajstić information content (AvgIpc) is 3.07. The molecule has 0 saturated heterocycles. The molecule has 2 heterocycles. The Kier molecular flexibility index (Phi) is 4.92. The van der Waals surface area contributed by atoms with E-state index in [0.29, 0.717) is 35.9 Å². The van der Waals surface area contributed by atoms with Gasteiger partial charge in [0.05, 0.1) is 0 Å². The number of hydrogen-bond donors (Lipinski definition) is 1. The lowest BCUT2D eigenvalue weighted by atomic mass is 10.1. The van der Waals surface area contributed by atoms with Crippen molar-refractivity contribution in [2.24, 2.45) is 0 Å². The van der Waals surface area contributed by atoms with Gasteiger partial charge in [0.25, 0.3) is 5.78 Å². The van der Waals surface area contributed by atoms with Crippen molar-refractivity contribution in [1.82, 2.24) is 19.6 Å². The second-order valence-corrected chi connectivity index (χ2v) is 6.68. The molecule has 0 aliphatic rings. The molecule has 0 bridgehead atoms. The normalized spacial score (nSPS) is 11.2. The number of halogens is 3. The molecule has 0 unspecified atom stereocenters. The van der Waals surface area contributed by atoms with Crippen molar-refractivity contribution in [1.29, 1.82) is 0 Å². The van der Waals surface area contributed by atoms with Crippen LogP contribution in [0.1, 0.15) is 29.6 Å². The molecule has 0 amide bonds.